The van der Waals surface area contributed by atoms with E-state index in [-0.39, 0.29) is 42.0 Å². The molecule has 0 radical (unpaired) electrons. The second-order valence-electron chi connectivity index (χ2n) is 7.29. The molecule has 4 aromatic rings. The van der Waals surface area contributed by atoms with E-state index in [4.69, 9.17) is 4.42 Å². The van der Waals surface area contributed by atoms with Crippen molar-refractivity contribution in [2.45, 2.75) is 12.8 Å². The van der Waals surface area contributed by atoms with Crippen LogP contribution in [0.2, 0.25) is 0 Å². The number of oxazole rings is 1. The zero-order chi connectivity index (χ0) is 23.9. The third kappa shape index (κ3) is 5.83. The molecule has 0 spiro atoms. The van der Waals surface area contributed by atoms with Crippen molar-refractivity contribution >= 4 is 29.0 Å². The number of benzene rings is 3. The lowest BCUT2D eigenvalue weighted by atomic mass is 10.1. The van der Waals surface area contributed by atoms with Gasteiger partial charge in [-0.1, -0.05) is 24.3 Å². The molecule has 0 bridgehead atoms. The van der Waals surface area contributed by atoms with Crippen molar-refractivity contribution in [3.8, 4) is 11.3 Å². The smallest absolute Gasteiger partial charge is 0.323 e. The summed E-state index contributed by atoms with van der Waals surface area (Å²) in [5, 5.41) is 8.15. The summed E-state index contributed by atoms with van der Waals surface area (Å²) >= 11 is 0. The molecule has 0 unspecified atom stereocenters. The van der Waals surface area contributed by atoms with Gasteiger partial charge in [-0.15, -0.1) is 0 Å². The summed E-state index contributed by atoms with van der Waals surface area (Å²) in [5.74, 6) is -1.65. The Balaban J connectivity index is 1.27. The number of anilines is 3. The Morgan fingerprint density at radius 3 is 2.00 bits per heavy atom. The number of hydrogen-bond acceptors (Lipinski definition) is 4. The van der Waals surface area contributed by atoms with Gasteiger partial charge in [0.15, 0.2) is 11.7 Å². The molecule has 0 fully saturated rings. The first kappa shape index (κ1) is 22.7. The molecule has 3 aromatic carbocycles. The van der Waals surface area contributed by atoms with Gasteiger partial charge in [-0.25, -0.2) is 18.6 Å². The maximum absolute atomic E-state index is 13.9. The van der Waals surface area contributed by atoms with Crippen LogP contribution < -0.4 is 16.0 Å². The average Bonchev–Trinajstić information content (AvgIpc) is 3.28. The zero-order valence-electron chi connectivity index (χ0n) is 17.8. The molecule has 0 aliphatic heterocycles. The van der Waals surface area contributed by atoms with E-state index in [0.29, 0.717) is 17.1 Å². The highest BCUT2D eigenvalue weighted by molar-refractivity contribution is 6.00. The van der Waals surface area contributed by atoms with E-state index in [2.05, 4.69) is 20.9 Å². The zero-order valence-corrected chi connectivity index (χ0v) is 17.8. The van der Waals surface area contributed by atoms with Crippen LogP contribution >= 0.6 is 0 Å². The van der Waals surface area contributed by atoms with Gasteiger partial charge in [0.1, 0.15) is 11.6 Å². The Kier molecular flexibility index (Phi) is 6.92. The molecule has 0 aliphatic rings. The number of para-hydroxylation sites is 1. The number of aryl methyl sites for hydroxylation is 1. The highest BCUT2D eigenvalue weighted by Gasteiger charge is 2.16. The fourth-order valence-electron chi connectivity index (χ4n) is 3.17. The minimum Gasteiger partial charge on any atom is -0.441 e. The van der Waals surface area contributed by atoms with Gasteiger partial charge in [-0.2, -0.15) is 0 Å². The van der Waals surface area contributed by atoms with Gasteiger partial charge in [0, 0.05) is 29.9 Å². The third-order valence-electron chi connectivity index (χ3n) is 4.79. The quantitative estimate of drug-likeness (QED) is 0.322. The molecule has 1 aromatic heterocycles. The molecule has 3 amide bonds. The first-order chi connectivity index (χ1) is 16.5. The van der Waals surface area contributed by atoms with Crippen LogP contribution in [-0.2, 0) is 11.2 Å². The second kappa shape index (κ2) is 10.4. The van der Waals surface area contributed by atoms with E-state index in [0.717, 1.165) is 12.1 Å². The van der Waals surface area contributed by atoms with Crippen molar-refractivity contribution in [2.24, 2.45) is 0 Å². The van der Waals surface area contributed by atoms with Crippen LogP contribution in [0.25, 0.3) is 11.3 Å². The SMILES string of the molecule is O=C(CCc1ncc(-c2c(F)cccc2F)o1)Nc1ccc(NC(=O)Nc2ccccc2)cc1. The maximum atomic E-state index is 13.9. The predicted octanol–water partition coefficient (Wildman–Crippen LogP) is 5.84. The number of hydrogen-bond donors (Lipinski definition) is 3. The highest BCUT2D eigenvalue weighted by atomic mass is 19.1. The predicted molar refractivity (Wildman–Crippen MR) is 124 cm³/mol. The standard InChI is InChI=1S/C25H20F2N4O3/c26-19-7-4-8-20(27)24(19)21-15-28-23(34-21)14-13-22(32)29-17-9-11-18(12-10-17)31-25(33)30-16-5-2-1-3-6-16/h1-12,15H,13-14H2,(H,29,32)(H2,30,31,33). The summed E-state index contributed by atoms with van der Waals surface area (Å²) < 4.78 is 33.2. The summed E-state index contributed by atoms with van der Waals surface area (Å²) in [7, 11) is 0. The van der Waals surface area contributed by atoms with Crippen LogP contribution in [0.15, 0.2) is 83.4 Å². The Morgan fingerprint density at radius 2 is 1.35 bits per heavy atom. The summed E-state index contributed by atoms with van der Waals surface area (Å²) in [6, 6.07) is 18.8. The summed E-state index contributed by atoms with van der Waals surface area (Å²) in [6.07, 6.45) is 1.44. The van der Waals surface area contributed by atoms with Crippen molar-refractivity contribution < 1.29 is 22.8 Å². The molecule has 7 nitrogen and oxygen atoms in total. The van der Waals surface area contributed by atoms with Crippen LogP contribution in [0, 0.1) is 11.6 Å². The van der Waals surface area contributed by atoms with Crippen molar-refractivity contribution in [3.05, 3.63) is 96.5 Å². The largest absolute Gasteiger partial charge is 0.441 e. The number of urea groups is 1. The number of carbonyl (C=O) groups is 2. The molecule has 3 N–H and O–H groups in total. The monoisotopic (exact) mass is 462 g/mol. The van der Waals surface area contributed by atoms with Gasteiger partial charge in [0.2, 0.25) is 5.91 Å². The fourth-order valence-corrected chi connectivity index (χ4v) is 3.17. The number of halogens is 2. The molecule has 172 valence electrons. The maximum Gasteiger partial charge on any atom is 0.323 e. The third-order valence-corrected chi connectivity index (χ3v) is 4.79. The van der Waals surface area contributed by atoms with Crippen LogP contribution in [0.1, 0.15) is 12.3 Å². The summed E-state index contributed by atoms with van der Waals surface area (Å²) in [5.41, 5.74) is 1.47. The number of carbonyl (C=O) groups excluding carboxylic acids is 2. The van der Waals surface area contributed by atoms with E-state index in [1.165, 1.54) is 12.3 Å². The molecular formula is C25H20F2N4O3. The Labute approximate surface area is 193 Å². The first-order valence-electron chi connectivity index (χ1n) is 10.4. The number of aromatic nitrogens is 1. The van der Waals surface area contributed by atoms with E-state index < -0.39 is 11.6 Å². The van der Waals surface area contributed by atoms with E-state index in [1.54, 1.807) is 36.4 Å². The minimum absolute atomic E-state index is 0.0367. The molecule has 0 aliphatic carbocycles. The fraction of sp³-hybridized carbons (Fsp3) is 0.0800. The van der Waals surface area contributed by atoms with Crippen LogP contribution in [-0.4, -0.2) is 16.9 Å². The van der Waals surface area contributed by atoms with Gasteiger partial charge in [0.25, 0.3) is 0 Å². The van der Waals surface area contributed by atoms with E-state index >= 15 is 0 Å². The number of nitrogens with zero attached hydrogens (tertiary/aromatic N) is 1. The molecule has 34 heavy (non-hydrogen) atoms. The molecule has 0 atom stereocenters. The highest BCUT2D eigenvalue weighted by Crippen LogP contribution is 2.27. The Morgan fingerprint density at radius 1 is 0.765 bits per heavy atom. The van der Waals surface area contributed by atoms with E-state index in [1.807, 2.05) is 18.2 Å². The van der Waals surface area contributed by atoms with Crippen LogP contribution in [0.3, 0.4) is 0 Å². The first-order valence-corrected chi connectivity index (χ1v) is 10.4. The topological polar surface area (TPSA) is 96.3 Å². The average molecular weight is 462 g/mol. The lowest BCUT2D eigenvalue weighted by molar-refractivity contribution is -0.116. The van der Waals surface area contributed by atoms with Gasteiger partial charge < -0.3 is 20.4 Å². The van der Waals surface area contributed by atoms with Crippen LogP contribution in [0.5, 0.6) is 0 Å². The lowest BCUT2D eigenvalue weighted by Gasteiger charge is -2.09. The van der Waals surface area contributed by atoms with Gasteiger partial charge in [0.05, 0.1) is 11.8 Å². The van der Waals surface area contributed by atoms with Crippen molar-refractivity contribution in [2.75, 3.05) is 16.0 Å². The van der Waals surface area contributed by atoms with Gasteiger partial charge in [-0.05, 0) is 48.5 Å². The van der Waals surface area contributed by atoms with Crippen LogP contribution in [0.4, 0.5) is 30.6 Å². The molecule has 4 rings (SSSR count). The van der Waals surface area contributed by atoms with Crippen molar-refractivity contribution in [3.63, 3.8) is 0 Å². The molecule has 0 saturated carbocycles. The van der Waals surface area contributed by atoms with Crippen molar-refractivity contribution in [1.29, 1.82) is 0 Å². The van der Waals surface area contributed by atoms with Crippen molar-refractivity contribution in [1.82, 2.24) is 4.98 Å². The Hall–Kier alpha value is -4.53. The normalized spacial score (nSPS) is 10.5. The summed E-state index contributed by atoms with van der Waals surface area (Å²) in [6.45, 7) is 0. The number of rotatable bonds is 7. The molecular weight excluding hydrogens is 442 g/mol. The second-order valence-corrected chi connectivity index (χ2v) is 7.29. The Bertz CT molecular complexity index is 1270. The summed E-state index contributed by atoms with van der Waals surface area (Å²) in [4.78, 5) is 28.3. The molecule has 0 saturated heterocycles. The minimum atomic E-state index is -0.754. The number of nitrogens with one attached hydrogen (secondary N) is 3. The molecule has 1 heterocycles. The van der Waals surface area contributed by atoms with Gasteiger partial charge in [-0.3, -0.25) is 4.79 Å². The molecule has 9 heteroatoms. The van der Waals surface area contributed by atoms with Gasteiger partial charge >= 0.3 is 6.03 Å². The number of amides is 3. The lowest BCUT2D eigenvalue weighted by Crippen LogP contribution is -2.19. The van der Waals surface area contributed by atoms with E-state index in [9.17, 15) is 18.4 Å².